The molecule has 0 unspecified atom stereocenters. The van der Waals surface area contributed by atoms with Crippen LogP contribution in [0.15, 0.2) is 48.7 Å². The number of nitrogens with one attached hydrogen (secondary N) is 2. The van der Waals surface area contributed by atoms with E-state index in [1.807, 2.05) is 49.4 Å². The number of anilines is 2. The molecule has 4 aromatic rings. The first-order valence-electron chi connectivity index (χ1n) is 9.24. The highest BCUT2D eigenvalue weighted by molar-refractivity contribution is 7.20. The Balaban J connectivity index is 1.60. The first kappa shape index (κ1) is 16.4. The maximum atomic E-state index is 13.2. The summed E-state index contributed by atoms with van der Waals surface area (Å²) >= 11 is 1.49. The normalized spacial score (nSPS) is 19.9. The lowest BCUT2D eigenvalue weighted by Crippen LogP contribution is -2.43. The lowest BCUT2D eigenvalue weighted by Gasteiger charge is -2.31. The summed E-state index contributed by atoms with van der Waals surface area (Å²) in [5.74, 6) is 0.0939. The summed E-state index contributed by atoms with van der Waals surface area (Å²) in [7, 11) is 0. The number of hydrogen-bond donors (Lipinski definition) is 2. The molecule has 0 aliphatic carbocycles. The Morgan fingerprint density at radius 2 is 1.93 bits per heavy atom. The van der Waals surface area contributed by atoms with Crippen LogP contribution in [0.3, 0.4) is 0 Å². The molecule has 2 aliphatic heterocycles. The molecular weight excluding hydrogens is 386 g/mol. The first-order valence-corrected chi connectivity index (χ1v) is 10.1. The van der Waals surface area contributed by atoms with Gasteiger partial charge in [-0.05, 0) is 30.2 Å². The highest BCUT2D eigenvalue weighted by atomic mass is 32.1. The van der Waals surface area contributed by atoms with Crippen LogP contribution in [0.1, 0.15) is 23.1 Å². The van der Waals surface area contributed by atoms with Gasteiger partial charge < -0.3 is 10.6 Å². The van der Waals surface area contributed by atoms with E-state index in [4.69, 9.17) is 0 Å². The van der Waals surface area contributed by atoms with E-state index in [9.17, 15) is 9.59 Å². The second-order valence-corrected chi connectivity index (χ2v) is 8.37. The lowest BCUT2D eigenvalue weighted by atomic mass is 9.71. The molecule has 29 heavy (non-hydrogen) atoms. The van der Waals surface area contributed by atoms with Crippen molar-refractivity contribution in [3.63, 3.8) is 0 Å². The van der Waals surface area contributed by atoms with Gasteiger partial charge in [0, 0.05) is 17.7 Å². The zero-order chi connectivity index (χ0) is 19.8. The number of hydrogen-bond acceptors (Lipinski definition) is 5. The van der Waals surface area contributed by atoms with Gasteiger partial charge in [-0.3, -0.25) is 9.59 Å². The fraction of sp³-hybridized carbons (Fsp3) is 0.143. The van der Waals surface area contributed by atoms with Gasteiger partial charge in [-0.15, -0.1) is 0 Å². The zero-order valence-electron chi connectivity index (χ0n) is 15.4. The first-order chi connectivity index (χ1) is 14.1. The Morgan fingerprint density at radius 3 is 2.79 bits per heavy atom. The number of aryl methyl sites for hydroxylation is 1. The maximum Gasteiger partial charge on any atom is 0.240 e. The number of thiazole rings is 1. The van der Waals surface area contributed by atoms with Crippen molar-refractivity contribution in [2.24, 2.45) is 0 Å². The number of para-hydroxylation sites is 2. The number of rotatable bonds is 1. The number of aromatic nitrogens is 3. The molecule has 7 nitrogen and oxygen atoms in total. The Hall–Kier alpha value is -3.52. The highest BCUT2D eigenvalue weighted by Gasteiger charge is 2.54. The summed E-state index contributed by atoms with van der Waals surface area (Å²) in [6.45, 7) is 1.95. The third-order valence-corrected chi connectivity index (χ3v) is 6.75. The Kier molecular flexibility index (Phi) is 3.12. The molecule has 2 amide bonds. The van der Waals surface area contributed by atoms with Gasteiger partial charge in [0.05, 0.1) is 16.4 Å². The van der Waals surface area contributed by atoms with Gasteiger partial charge in [-0.1, -0.05) is 41.7 Å². The summed E-state index contributed by atoms with van der Waals surface area (Å²) in [4.78, 5) is 30.6. The van der Waals surface area contributed by atoms with Gasteiger partial charge in [-0.2, -0.15) is 9.78 Å². The van der Waals surface area contributed by atoms with E-state index >= 15 is 0 Å². The molecule has 2 N–H and O–H groups in total. The van der Waals surface area contributed by atoms with Crippen LogP contribution in [0.2, 0.25) is 0 Å². The predicted molar refractivity (Wildman–Crippen MR) is 111 cm³/mol. The molecule has 4 heterocycles. The SMILES string of the molecule is Cc1cccc2c1NC(=O)[C@@]21CC(=O)Nc2c1cnn2-c1nc2ccccc2s1. The van der Waals surface area contributed by atoms with Crippen molar-refractivity contribution in [2.75, 3.05) is 10.6 Å². The second kappa shape index (κ2) is 5.51. The topological polar surface area (TPSA) is 88.9 Å². The summed E-state index contributed by atoms with van der Waals surface area (Å²) in [6.07, 6.45) is 1.73. The van der Waals surface area contributed by atoms with Gasteiger partial charge in [-0.25, -0.2) is 4.98 Å². The third-order valence-electron chi connectivity index (χ3n) is 5.74. The molecule has 0 saturated carbocycles. The number of nitrogens with zero attached hydrogens (tertiary/aromatic N) is 3. The van der Waals surface area contributed by atoms with E-state index in [0.717, 1.165) is 27.0 Å². The fourth-order valence-electron chi connectivity index (χ4n) is 4.36. The molecule has 8 heteroatoms. The van der Waals surface area contributed by atoms with Crippen molar-refractivity contribution < 1.29 is 9.59 Å². The van der Waals surface area contributed by atoms with E-state index in [-0.39, 0.29) is 18.2 Å². The van der Waals surface area contributed by atoms with Crippen molar-refractivity contribution >= 4 is 44.9 Å². The average molecular weight is 401 g/mol. The van der Waals surface area contributed by atoms with Crippen molar-refractivity contribution in [2.45, 2.75) is 18.8 Å². The van der Waals surface area contributed by atoms with Crippen LogP contribution >= 0.6 is 11.3 Å². The monoisotopic (exact) mass is 401 g/mol. The molecule has 2 aliphatic rings. The molecule has 142 valence electrons. The quantitative estimate of drug-likeness (QED) is 0.512. The summed E-state index contributed by atoms with van der Waals surface area (Å²) in [5, 5.41) is 11.1. The largest absolute Gasteiger partial charge is 0.324 e. The number of amides is 2. The van der Waals surface area contributed by atoms with Crippen LogP contribution in [0.25, 0.3) is 15.3 Å². The Bertz CT molecular complexity index is 1320. The maximum absolute atomic E-state index is 13.2. The van der Waals surface area contributed by atoms with Gasteiger partial charge >= 0.3 is 0 Å². The molecular formula is C21H15N5O2S. The van der Waals surface area contributed by atoms with E-state index in [2.05, 4.69) is 20.7 Å². The Morgan fingerprint density at radius 1 is 1.07 bits per heavy atom. The molecule has 0 saturated heterocycles. The fourth-order valence-corrected chi connectivity index (χ4v) is 5.29. The van der Waals surface area contributed by atoms with Crippen molar-refractivity contribution in [3.05, 3.63) is 65.4 Å². The number of fused-ring (bicyclic) bond motifs is 5. The van der Waals surface area contributed by atoms with Crippen molar-refractivity contribution in [3.8, 4) is 5.13 Å². The molecule has 1 atom stereocenters. The second-order valence-electron chi connectivity index (χ2n) is 7.36. The van der Waals surface area contributed by atoms with E-state index in [0.29, 0.717) is 16.5 Å². The minimum atomic E-state index is -1.08. The van der Waals surface area contributed by atoms with Crippen LogP contribution in [0, 0.1) is 6.92 Å². The summed E-state index contributed by atoms with van der Waals surface area (Å²) in [5.41, 5.74) is 3.06. The number of carbonyl (C=O) groups is 2. The zero-order valence-corrected chi connectivity index (χ0v) is 16.2. The molecule has 2 aromatic heterocycles. The molecule has 0 radical (unpaired) electrons. The number of benzene rings is 2. The van der Waals surface area contributed by atoms with Crippen molar-refractivity contribution in [1.82, 2.24) is 14.8 Å². The van der Waals surface area contributed by atoms with Crippen LogP contribution in [0.4, 0.5) is 11.5 Å². The third kappa shape index (κ3) is 2.06. The molecule has 0 bridgehead atoms. The molecule has 6 rings (SSSR count). The molecule has 0 fully saturated rings. The van der Waals surface area contributed by atoms with Crippen molar-refractivity contribution in [1.29, 1.82) is 0 Å². The summed E-state index contributed by atoms with van der Waals surface area (Å²) in [6, 6.07) is 13.6. The lowest BCUT2D eigenvalue weighted by molar-refractivity contribution is -0.125. The van der Waals surface area contributed by atoms with E-state index in [1.165, 1.54) is 11.3 Å². The number of carbonyl (C=O) groups excluding carboxylic acids is 2. The van der Waals surface area contributed by atoms with Gasteiger partial charge in [0.1, 0.15) is 11.2 Å². The molecule has 2 aromatic carbocycles. The minimum Gasteiger partial charge on any atom is -0.324 e. The van der Waals surface area contributed by atoms with E-state index < -0.39 is 5.41 Å². The van der Waals surface area contributed by atoms with Gasteiger partial charge in [0.2, 0.25) is 16.9 Å². The van der Waals surface area contributed by atoms with Gasteiger partial charge in [0.25, 0.3) is 0 Å². The molecule has 1 spiro atoms. The standard InChI is InChI=1S/C21H15N5O2S/c1-11-5-4-6-12-17(11)25-19(28)21(12)9-16(27)24-18-13(21)10-22-26(18)20-23-14-7-2-3-8-15(14)29-20/h2-8,10H,9H2,1H3,(H,24,27)(H,25,28)/t21-/m0/s1. The summed E-state index contributed by atoms with van der Waals surface area (Å²) < 4.78 is 2.66. The van der Waals surface area contributed by atoms with Crippen LogP contribution in [-0.4, -0.2) is 26.6 Å². The minimum absolute atomic E-state index is 0.0494. The van der Waals surface area contributed by atoms with Gasteiger partial charge in [0.15, 0.2) is 0 Å². The smallest absolute Gasteiger partial charge is 0.240 e. The predicted octanol–water partition coefficient (Wildman–Crippen LogP) is 3.37. The Labute approximate surface area is 169 Å². The van der Waals surface area contributed by atoms with Crippen LogP contribution in [0.5, 0.6) is 0 Å². The van der Waals surface area contributed by atoms with Crippen LogP contribution < -0.4 is 10.6 Å². The van der Waals surface area contributed by atoms with E-state index in [1.54, 1.807) is 10.9 Å². The highest BCUT2D eigenvalue weighted by Crippen LogP contribution is 2.51. The van der Waals surface area contributed by atoms with Crippen LogP contribution in [-0.2, 0) is 15.0 Å². The average Bonchev–Trinajstić information content (AvgIpc) is 3.38.